The van der Waals surface area contributed by atoms with Crippen LogP contribution in [0.4, 0.5) is 0 Å². The fourth-order valence-electron chi connectivity index (χ4n) is 3.86. The van der Waals surface area contributed by atoms with Crippen molar-refractivity contribution in [2.45, 2.75) is 32.7 Å². The Morgan fingerprint density at radius 3 is 2.57 bits per heavy atom. The Kier molecular flexibility index (Phi) is 6.47. The molecule has 9 nitrogen and oxygen atoms in total. The van der Waals surface area contributed by atoms with Crippen LogP contribution in [0.1, 0.15) is 47.3 Å². The van der Waals surface area contributed by atoms with Crippen molar-refractivity contribution in [3.05, 3.63) is 95.7 Å². The van der Waals surface area contributed by atoms with E-state index in [-0.39, 0.29) is 11.6 Å². The van der Waals surface area contributed by atoms with Crippen LogP contribution in [0.5, 0.6) is 0 Å². The van der Waals surface area contributed by atoms with Gasteiger partial charge < -0.3 is 0 Å². The van der Waals surface area contributed by atoms with Gasteiger partial charge in [-0.15, -0.1) is 15.3 Å². The van der Waals surface area contributed by atoms with E-state index in [9.17, 15) is 4.79 Å². The van der Waals surface area contributed by atoms with E-state index in [1.54, 1.807) is 18.3 Å². The first-order valence-electron chi connectivity index (χ1n) is 11.5. The van der Waals surface area contributed by atoms with Crippen LogP contribution in [0.2, 0.25) is 0 Å². The lowest BCUT2D eigenvalue weighted by Crippen LogP contribution is -2.07. The van der Waals surface area contributed by atoms with Crippen LogP contribution in [0.15, 0.2) is 72.9 Å². The van der Waals surface area contributed by atoms with Crippen LogP contribution in [0.3, 0.4) is 0 Å². The minimum atomic E-state index is -0.165. The van der Waals surface area contributed by atoms with Crippen LogP contribution in [0.25, 0.3) is 22.6 Å². The first-order valence-corrected chi connectivity index (χ1v) is 11.5. The van der Waals surface area contributed by atoms with Crippen LogP contribution in [-0.2, 0) is 13.0 Å². The van der Waals surface area contributed by atoms with Gasteiger partial charge in [-0.2, -0.15) is 5.21 Å². The van der Waals surface area contributed by atoms with Crippen molar-refractivity contribution in [3.8, 4) is 22.6 Å². The molecule has 0 fully saturated rings. The lowest BCUT2D eigenvalue weighted by molar-refractivity contribution is 0.102. The number of benzene rings is 2. The van der Waals surface area contributed by atoms with E-state index in [0.29, 0.717) is 17.8 Å². The average Bonchev–Trinajstić information content (AvgIpc) is 3.59. The quantitative estimate of drug-likeness (QED) is 0.326. The number of carbonyl (C=O) groups is 1. The summed E-state index contributed by atoms with van der Waals surface area (Å²) >= 11 is 0. The second-order valence-corrected chi connectivity index (χ2v) is 8.13. The van der Waals surface area contributed by atoms with Crippen molar-refractivity contribution in [3.63, 3.8) is 0 Å². The van der Waals surface area contributed by atoms with Crippen LogP contribution < -0.4 is 0 Å². The maximum Gasteiger partial charge on any atom is 0.232 e. The van der Waals surface area contributed by atoms with Crippen molar-refractivity contribution >= 4 is 5.78 Å². The number of tetrazole rings is 1. The monoisotopic (exact) mass is 464 g/mol. The molecule has 3 heterocycles. The number of nitrogens with zero attached hydrogens (tertiary/aromatic N) is 7. The molecule has 0 spiro atoms. The number of pyridine rings is 1. The molecule has 174 valence electrons. The number of aromatic amines is 1. The fraction of sp³-hybridized carbons (Fsp3) is 0.192. The van der Waals surface area contributed by atoms with Crippen LogP contribution in [0, 0.1) is 0 Å². The van der Waals surface area contributed by atoms with Crippen molar-refractivity contribution in [1.29, 1.82) is 0 Å². The molecular formula is C26H24N8O. The van der Waals surface area contributed by atoms with Crippen LogP contribution in [-0.4, -0.2) is 46.2 Å². The van der Waals surface area contributed by atoms with E-state index in [4.69, 9.17) is 0 Å². The molecular weight excluding hydrogens is 440 g/mol. The number of hydrogen-bond acceptors (Lipinski definition) is 7. The number of H-pyrrole nitrogens is 1. The van der Waals surface area contributed by atoms with Gasteiger partial charge in [0, 0.05) is 35.9 Å². The third-order valence-corrected chi connectivity index (χ3v) is 5.69. The Bertz CT molecular complexity index is 1410. The molecule has 0 aliphatic rings. The zero-order chi connectivity index (χ0) is 24.0. The fourth-order valence-corrected chi connectivity index (χ4v) is 3.86. The number of aryl methyl sites for hydroxylation is 1. The number of rotatable bonds is 9. The highest BCUT2D eigenvalue weighted by molar-refractivity contribution is 6.06. The maximum absolute atomic E-state index is 12.9. The summed E-state index contributed by atoms with van der Waals surface area (Å²) in [6.07, 6.45) is 4.31. The minimum Gasteiger partial charge on any atom is -0.285 e. The van der Waals surface area contributed by atoms with Crippen LogP contribution >= 0.6 is 0 Å². The summed E-state index contributed by atoms with van der Waals surface area (Å²) in [5, 5.41) is 18.9. The molecule has 1 N–H and O–H groups in total. The second-order valence-electron chi connectivity index (χ2n) is 8.13. The van der Waals surface area contributed by atoms with Crippen molar-refractivity contribution in [2.75, 3.05) is 0 Å². The normalized spacial score (nSPS) is 11.0. The van der Waals surface area contributed by atoms with Gasteiger partial charge in [-0.25, -0.2) is 9.67 Å². The Balaban J connectivity index is 1.41. The zero-order valence-electron chi connectivity index (χ0n) is 19.3. The minimum absolute atomic E-state index is 0.165. The van der Waals surface area contributed by atoms with E-state index in [1.807, 2.05) is 59.3 Å². The van der Waals surface area contributed by atoms with E-state index in [1.165, 1.54) is 0 Å². The lowest BCUT2D eigenvalue weighted by atomic mass is 10.0. The smallest absolute Gasteiger partial charge is 0.232 e. The molecule has 0 atom stereocenters. The van der Waals surface area contributed by atoms with Crippen molar-refractivity contribution in [1.82, 2.24) is 40.4 Å². The molecule has 0 radical (unpaired) electrons. The molecule has 0 saturated heterocycles. The summed E-state index contributed by atoms with van der Waals surface area (Å²) in [5.74, 6) is 1.34. The largest absolute Gasteiger partial charge is 0.285 e. The highest BCUT2D eigenvalue weighted by Crippen LogP contribution is 2.28. The van der Waals surface area contributed by atoms with Gasteiger partial charge in [0.15, 0.2) is 0 Å². The number of aromatic nitrogens is 8. The summed E-state index contributed by atoms with van der Waals surface area (Å²) < 4.78 is 1.86. The number of ketones is 1. The summed E-state index contributed by atoms with van der Waals surface area (Å²) in [6, 6.07) is 21.0. The number of unbranched alkanes of at least 4 members (excludes halogenated alkanes) is 1. The predicted molar refractivity (Wildman–Crippen MR) is 130 cm³/mol. The Labute approximate surface area is 202 Å². The molecule has 5 aromatic rings. The van der Waals surface area contributed by atoms with Gasteiger partial charge in [0.1, 0.15) is 5.82 Å². The highest BCUT2D eigenvalue weighted by Gasteiger charge is 2.18. The molecule has 0 amide bonds. The first kappa shape index (κ1) is 22.3. The number of hydrogen-bond donors (Lipinski definition) is 1. The lowest BCUT2D eigenvalue weighted by Gasteiger charge is -2.08. The van der Waals surface area contributed by atoms with E-state index < -0.39 is 0 Å². The summed E-state index contributed by atoms with van der Waals surface area (Å²) in [4.78, 5) is 22.1. The molecule has 0 unspecified atom stereocenters. The van der Waals surface area contributed by atoms with E-state index in [2.05, 4.69) is 42.6 Å². The summed E-state index contributed by atoms with van der Waals surface area (Å²) in [5.41, 5.74) is 4.18. The zero-order valence-corrected chi connectivity index (χ0v) is 19.3. The second kappa shape index (κ2) is 10.2. The molecule has 9 heteroatoms. The van der Waals surface area contributed by atoms with Gasteiger partial charge in [0.2, 0.25) is 17.4 Å². The predicted octanol–water partition coefficient (Wildman–Crippen LogP) is 4.14. The first-order chi connectivity index (χ1) is 17.2. The molecule has 3 aromatic heterocycles. The maximum atomic E-state index is 12.9. The third-order valence-electron chi connectivity index (χ3n) is 5.69. The van der Waals surface area contributed by atoms with Gasteiger partial charge >= 0.3 is 0 Å². The third kappa shape index (κ3) is 4.89. The summed E-state index contributed by atoms with van der Waals surface area (Å²) in [6.45, 7) is 2.85. The SMILES string of the molecule is CCCCn1nc(C(=O)c2ccccc2)nc1Cc1ccc(-c2ncccc2-c2nn[nH]n2)cc1. The molecule has 2 aromatic carbocycles. The van der Waals surface area contributed by atoms with Gasteiger partial charge in [-0.05, 0) is 29.3 Å². The summed E-state index contributed by atoms with van der Waals surface area (Å²) in [7, 11) is 0. The molecule has 0 saturated carbocycles. The molecule has 35 heavy (non-hydrogen) atoms. The van der Waals surface area contributed by atoms with Crippen molar-refractivity contribution < 1.29 is 4.79 Å². The number of nitrogens with one attached hydrogen (secondary N) is 1. The molecule has 0 aliphatic carbocycles. The van der Waals surface area contributed by atoms with E-state index >= 15 is 0 Å². The Hall–Kier alpha value is -4.53. The highest BCUT2D eigenvalue weighted by atomic mass is 16.1. The van der Waals surface area contributed by atoms with Gasteiger partial charge in [-0.1, -0.05) is 67.9 Å². The van der Waals surface area contributed by atoms with Gasteiger partial charge in [-0.3, -0.25) is 9.78 Å². The average molecular weight is 465 g/mol. The van der Waals surface area contributed by atoms with Gasteiger partial charge in [0.05, 0.1) is 5.69 Å². The molecule has 0 aliphatic heterocycles. The Morgan fingerprint density at radius 1 is 1.00 bits per heavy atom. The molecule has 0 bridgehead atoms. The topological polar surface area (TPSA) is 115 Å². The standard InChI is InChI=1S/C26H24N8O/c1-2-3-16-34-22(28-26(31-34)24(35)20-8-5-4-6-9-20)17-18-11-13-19(14-12-18)23-21(10-7-15-27-23)25-29-32-33-30-25/h4-15H,2-3,16-17H2,1H3,(H,29,30,32,33). The van der Waals surface area contributed by atoms with Gasteiger partial charge in [0.25, 0.3) is 0 Å². The van der Waals surface area contributed by atoms with Crippen molar-refractivity contribution in [2.24, 2.45) is 0 Å². The number of carbonyl (C=O) groups excluding carboxylic acids is 1. The van der Waals surface area contributed by atoms with E-state index in [0.717, 1.165) is 47.6 Å². The molecule has 5 rings (SSSR count). The Morgan fingerprint density at radius 2 is 1.83 bits per heavy atom.